The molecule has 4 aromatic rings. The van der Waals surface area contributed by atoms with Crippen molar-refractivity contribution in [3.05, 3.63) is 124 Å². The van der Waals surface area contributed by atoms with Crippen LogP contribution in [0.4, 0.5) is 0 Å². The van der Waals surface area contributed by atoms with Crippen LogP contribution in [0, 0.1) is 0 Å². The third kappa shape index (κ3) is 3.68. The van der Waals surface area contributed by atoms with Crippen LogP contribution in [-0.4, -0.2) is 10.7 Å². The minimum absolute atomic E-state index is 0.0792. The third-order valence-electron chi connectivity index (χ3n) is 6.25. The Morgan fingerprint density at radius 1 is 0.727 bits per heavy atom. The largest absolute Gasteiger partial charge is 0.464 e. The molecule has 0 unspecified atom stereocenters. The van der Waals surface area contributed by atoms with Crippen molar-refractivity contribution in [2.75, 3.05) is 0 Å². The highest BCUT2D eigenvalue weighted by Crippen LogP contribution is 2.48. The molecule has 2 aliphatic rings. The Balaban J connectivity index is 1.38. The molecule has 0 aliphatic carbocycles. The standard InChI is InChI=1S/C28H20Cl2N2O/c29-21-14-15-22(24(30)16-21)28-32-26(23-8-4-5-9-27(23)33-28)17-25(31-32)20-12-10-19(11-13-20)18-6-2-1-3-7-18/h1-16,26,28H,17H2/t26-,28-/m0/s1. The van der Waals surface area contributed by atoms with Gasteiger partial charge in [-0.1, -0.05) is 102 Å². The predicted molar refractivity (Wildman–Crippen MR) is 134 cm³/mol. The smallest absolute Gasteiger partial charge is 0.215 e. The SMILES string of the molecule is Clc1ccc([C@@H]2Oc3ccccc3[C@@H]3CC(c4ccc(-c5ccccc5)cc4)=NN32)c(Cl)c1. The van der Waals surface area contributed by atoms with Gasteiger partial charge < -0.3 is 4.74 Å². The molecule has 162 valence electrons. The van der Waals surface area contributed by atoms with E-state index >= 15 is 0 Å². The van der Waals surface area contributed by atoms with Crippen molar-refractivity contribution >= 4 is 28.9 Å². The van der Waals surface area contributed by atoms with Gasteiger partial charge >= 0.3 is 0 Å². The van der Waals surface area contributed by atoms with Gasteiger partial charge in [-0.3, -0.25) is 0 Å². The van der Waals surface area contributed by atoms with Crippen LogP contribution < -0.4 is 4.74 Å². The van der Waals surface area contributed by atoms with Crippen LogP contribution in [0.25, 0.3) is 11.1 Å². The molecular weight excluding hydrogens is 451 g/mol. The Morgan fingerprint density at radius 2 is 1.42 bits per heavy atom. The fraction of sp³-hybridized carbons (Fsp3) is 0.107. The maximum absolute atomic E-state index is 6.57. The third-order valence-corrected chi connectivity index (χ3v) is 6.82. The van der Waals surface area contributed by atoms with Gasteiger partial charge in [0.1, 0.15) is 5.75 Å². The number of benzene rings is 4. The molecule has 33 heavy (non-hydrogen) atoms. The van der Waals surface area contributed by atoms with Crippen LogP contribution in [0.1, 0.15) is 35.4 Å². The van der Waals surface area contributed by atoms with Crippen molar-refractivity contribution in [3.63, 3.8) is 0 Å². The molecule has 2 heterocycles. The van der Waals surface area contributed by atoms with E-state index in [0.717, 1.165) is 34.6 Å². The first kappa shape index (κ1) is 20.3. The average Bonchev–Trinajstić information content (AvgIpc) is 3.30. The highest BCUT2D eigenvalue weighted by Gasteiger charge is 2.41. The van der Waals surface area contributed by atoms with E-state index in [0.29, 0.717) is 10.0 Å². The molecule has 0 saturated heterocycles. The van der Waals surface area contributed by atoms with Gasteiger partial charge in [-0.25, -0.2) is 5.01 Å². The highest BCUT2D eigenvalue weighted by atomic mass is 35.5. The molecule has 0 spiro atoms. The van der Waals surface area contributed by atoms with Crippen LogP contribution >= 0.6 is 23.2 Å². The second-order valence-electron chi connectivity index (χ2n) is 8.26. The Kier molecular flexibility index (Phi) is 5.09. The summed E-state index contributed by atoms with van der Waals surface area (Å²) in [7, 11) is 0. The lowest BCUT2D eigenvalue weighted by molar-refractivity contribution is -0.0189. The van der Waals surface area contributed by atoms with E-state index in [1.54, 1.807) is 6.07 Å². The van der Waals surface area contributed by atoms with Crippen molar-refractivity contribution in [1.29, 1.82) is 0 Å². The van der Waals surface area contributed by atoms with Gasteiger partial charge in [-0.05, 0) is 34.9 Å². The maximum Gasteiger partial charge on any atom is 0.215 e. The summed E-state index contributed by atoms with van der Waals surface area (Å²) in [6.45, 7) is 0. The molecule has 2 atom stereocenters. The van der Waals surface area contributed by atoms with E-state index in [2.05, 4.69) is 54.6 Å². The van der Waals surface area contributed by atoms with Crippen LogP contribution in [0.2, 0.25) is 10.0 Å². The molecule has 0 amide bonds. The number of nitrogens with zero attached hydrogens (tertiary/aromatic N) is 2. The van der Waals surface area contributed by atoms with Crippen LogP contribution in [0.15, 0.2) is 102 Å². The molecule has 4 aromatic carbocycles. The van der Waals surface area contributed by atoms with E-state index in [9.17, 15) is 0 Å². The molecule has 3 nitrogen and oxygen atoms in total. The van der Waals surface area contributed by atoms with Crippen LogP contribution in [0.3, 0.4) is 0 Å². The summed E-state index contributed by atoms with van der Waals surface area (Å²) < 4.78 is 6.41. The zero-order valence-electron chi connectivity index (χ0n) is 17.7. The lowest BCUT2D eigenvalue weighted by Gasteiger charge is -2.38. The van der Waals surface area contributed by atoms with Crippen molar-refractivity contribution in [2.45, 2.75) is 18.7 Å². The Bertz CT molecular complexity index is 1350. The molecule has 5 heteroatoms. The van der Waals surface area contributed by atoms with Gasteiger partial charge in [0.05, 0.1) is 16.8 Å². The van der Waals surface area contributed by atoms with E-state index in [1.807, 2.05) is 41.4 Å². The van der Waals surface area contributed by atoms with Gasteiger partial charge in [-0.15, -0.1) is 0 Å². The fourth-order valence-corrected chi connectivity index (χ4v) is 5.10. The van der Waals surface area contributed by atoms with Gasteiger partial charge in [0.15, 0.2) is 0 Å². The summed E-state index contributed by atoms with van der Waals surface area (Å²) in [5, 5.41) is 8.24. The Labute approximate surface area is 202 Å². The number of hydrogen-bond donors (Lipinski definition) is 0. The molecule has 0 saturated carbocycles. The van der Waals surface area contributed by atoms with E-state index in [-0.39, 0.29) is 6.04 Å². The quantitative estimate of drug-likeness (QED) is 0.303. The topological polar surface area (TPSA) is 24.8 Å². The van der Waals surface area contributed by atoms with Gasteiger partial charge in [0.25, 0.3) is 0 Å². The predicted octanol–water partition coefficient (Wildman–Crippen LogP) is 7.90. The molecule has 0 N–H and O–H groups in total. The summed E-state index contributed by atoms with van der Waals surface area (Å²) in [5.41, 5.74) is 6.53. The van der Waals surface area contributed by atoms with Crippen molar-refractivity contribution in [3.8, 4) is 16.9 Å². The second kappa shape index (κ2) is 8.26. The van der Waals surface area contributed by atoms with Crippen LogP contribution in [-0.2, 0) is 0 Å². The number of para-hydroxylation sites is 1. The zero-order valence-corrected chi connectivity index (χ0v) is 19.2. The lowest BCUT2D eigenvalue weighted by atomic mass is 9.95. The minimum Gasteiger partial charge on any atom is -0.464 e. The molecule has 0 fully saturated rings. The van der Waals surface area contributed by atoms with E-state index < -0.39 is 6.23 Å². The van der Waals surface area contributed by atoms with E-state index in [4.69, 9.17) is 33.0 Å². The Hall–Kier alpha value is -3.27. The second-order valence-corrected chi connectivity index (χ2v) is 9.11. The normalized spacial score (nSPS) is 18.8. The monoisotopic (exact) mass is 470 g/mol. The van der Waals surface area contributed by atoms with Gasteiger partial charge in [0, 0.05) is 22.6 Å². The fourth-order valence-electron chi connectivity index (χ4n) is 4.60. The number of hydrazone groups is 1. The molecule has 0 bridgehead atoms. The van der Waals surface area contributed by atoms with Crippen molar-refractivity contribution in [2.24, 2.45) is 5.10 Å². The summed E-state index contributed by atoms with van der Waals surface area (Å²) >= 11 is 12.7. The molecule has 0 aromatic heterocycles. The summed E-state index contributed by atoms with van der Waals surface area (Å²) in [6.07, 6.45) is 0.378. The number of hydrogen-bond acceptors (Lipinski definition) is 3. The number of halogens is 2. The van der Waals surface area contributed by atoms with Gasteiger partial charge in [-0.2, -0.15) is 5.10 Å². The first-order chi connectivity index (χ1) is 16.2. The van der Waals surface area contributed by atoms with Crippen molar-refractivity contribution < 1.29 is 4.74 Å². The molecule has 0 radical (unpaired) electrons. The molecular formula is C28H20Cl2N2O. The van der Waals surface area contributed by atoms with Crippen molar-refractivity contribution in [1.82, 2.24) is 5.01 Å². The zero-order chi connectivity index (χ0) is 22.4. The highest BCUT2D eigenvalue weighted by molar-refractivity contribution is 6.35. The average molecular weight is 471 g/mol. The number of fused-ring (bicyclic) bond motifs is 3. The van der Waals surface area contributed by atoms with Crippen LogP contribution in [0.5, 0.6) is 5.75 Å². The Morgan fingerprint density at radius 3 is 2.21 bits per heavy atom. The summed E-state index contributed by atoms with van der Waals surface area (Å²) in [5.74, 6) is 0.866. The minimum atomic E-state index is -0.421. The molecule has 2 aliphatic heterocycles. The maximum atomic E-state index is 6.57. The van der Waals surface area contributed by atoms with E-state index in [1.165, 1.54) is 11.1 Å². The number of ether oxygens (including phenoxy) is 1. The summed E-state index contributed by atoms with van der Waals surface area (Å²) in [6, 6.07) is 32.8. The molecule has 6 rings (SSSR count). The summed E-state index contributed by atoms with van der Waals surface area (Å²) in [4.78, 5) is 0. The lowest BCUT2D eigenvalue weighted by Crippen LogP contribution is -2.33. The number of rotatable bonds is 3. The first-order valence-electron chi connectivity index (χ1n) is 10.9. The van der Waals surface area contributed by atoms with Gasteiger partial charge in [0.2, 0.25) is 6.23 Å². The first-order valence-corrected chi connectivity index (χ1v) is 11.7.